The summed E-state index contributed by atoms with van der Waals surface area (Å²) in [5.41, 5.74) is 2.85. The Balaban J connectivity index is 1.53. The second-order valence-corrected chi connectivity index (χ2v) is 9.63. The summed E-state index contributed by atoms with van der Waals surface area (Å²) in [6.07, 6.45) is 3.95. The molecule has 3 aromatic rings. The number of carbonyl (C=O) groups excluding carboxylic acids is 1. The van der Waals surface area contributed by atoms with Crippen LogP contribution in [0.5, 0.6) is 0 Å². The Labute approximate surface area is 188 Å². The van der Waals surface area contributed by atoms with Crippen molar-refractivity contribution in [1.82, 2.24) is 4.98 Å². The Morgan fingerprint density at radius 2 is 1.72 bits per heavy atom. The number of pyridine rings is 1. The molecule has 166 valence electrons. The van der Waals surface area contributed by atoms with Gasteiger partial charge in [0.05, 0.1) is 22.5 Å². The van der Waals surface area contributed by atoms with E-state index in [4.69, 9.17) is 0 Å². The Kier molecular flexibility index (Phi) is 6.14. The monoisotopic (exact) mass is 450 g/mol. The summed E-state index contributed by atoms with van der Waals surface area (Å²) in [5.74, 6) is 0.512. The standard InChI is InChI=1S/C24H26N4O3S/c1-17-9-11-20(32(30,31)27-22-8-4-3-7-18(22)2)15-21(17)24(29)26-19-10-12-23(25-16-19)28-13-5-6-14-28/h3-4,7-12,15-16,27H,5-6,13-14H2,1-2H3,(H,26,29). The van der Waals surface area contributed by atoms with Gasteiger partial charge in [-0.2, -0.15) is 0 Å². The molecular weight excluding hydrogens is 424 g/mol. The molecule has 1 saturated heterocycles. The number of hydrogen-bond donors (Lipinski definition) is 2. The molecule has 0 aliphatic carbocycles. The minimum atomic E-state index is -3.84. The smallest absolute Gasteiger partial charge is 0.261 e. The average Bonchev–Trinajstić information content (AvgIpc) is 3.31. The second kappa shape index (κ2) is 9.00. The van der Waals surface area contributed by atoms with Crippen LogP contribution in [0.15, 0.2) is 65.7 Å². The normalized spacial score (nSPS) is 13.8. The molecule has 2 N–H and O–H groups in total. The van der Waals surface area contributed by atoms with Crippen LogP contribution >= 0.6 is 0 Å². The van der Waals surface area contributed by atoms with Crippen LogP contribution in [0.1, 0.15) is 34.3 Å². The molecule has 7 nitrogen and oxygen atoms in total. The minimum Gasteiger partial charge on any atom is -0.357 e. The summed E-state index contributed by atoms with van der Waals surface area (Å²) in [4.78, 5) is 19.6. The zero-order valence-electron chi connectivity index (χ0n) is 18.1. The molecule has 0 bridgehead atoms. The first-order valence-corrected chi connectivity index (χ1v) is 12.0. The van der Waals surface area contributed by atoms with Gasteiger partial charge in [-0.1, -0.05) is 24.3 Å². The lowest BCUT2D eigenvalue weighted by molar-refractivity contribution is 0.102. The number of aromatic nitrogens is 1. The van der Waals surface area contributed by atoms with Gasteiger partial charge < -0.3 is 10.2 Å². The molecule has 0 spiro atoms. The Morgan fingerprint density at radius 1 is 0.969 bits per heavy atom. The molecule has 2 aromatic carbocycles. The largest absolute Gasteiger partial charge is 0.357 e. The van der Waals surface area contributed by atoms with Crippen molar-refractivity contribution in [2.75, 3.05) is 28.0 Å². The van der Waals surface area contributed by atoms with Gasteiger partial charge >= 0.3 is 0 Å². The fourth-order valence-corrected chi connectivity index (χ4v) is 4.85. The molecule has 0 saturated carbocycles. The zero-order chi connectivity index (χ0) is 22.7. The summed E-state index contributed by atoms with van der Waals surface area (Å²) >= 11 is 0. The lowest BCUT2D eigenvalue weighted by atomic mass is 10.1. The third-order valence-corrected chi connectivity index (χ3v) is 6.95. The number of hydrogen-bond acceptors (Lipinski definition) is 5. The van der Waals surface area contributed by atoms with Gasteiger partial charge in [-0.25, -0.2) is 13.4 Å². The van der Waals surface area contributed by atoms with Gasteiger partial charge in [0.25, 0.3) is 15.9 Å². The van der Waals surface area contributed by atoms with E-state index in [9.17, 15) is 13.2 Å². The third-order valence-electron chi connectivity index (χ3n) is 5.59. The van der Waals surface area contributed by atoms with Gasteiger partial charge in [-0.05, 0) is 68.1 Å². The van der Waals surface area contributed by atoms with Crippen molar-refractivity contribution in [3.8, 4) is 0 Å². The van der Waals surface area contributed by atoms with Crippen molar-refractivity contribution in [2.24, 2.45) is 0 Å². The number of nitrogens with zero attached hydrogens (tertiary/aromatic N) is 2. The van der Waals surface area contributed by atoms with Gasteiger partial charge in [0, 0.05) is 18.7 Å². The quantitative estimate of drug-likeness (QED) is 0.583. The summed E-state index contributed by atoms with van der Waals surface area (Å²) in [6, 6.07) is 15.4. The lowest BCUT2D eigenvalue weighted by Crippen LogP contribution is -2.19. The highest BCUT2D eigenvalue weighted by molar-refractivity contribution is 7.92. The molecule has 1 aliphatic heterocycles. The highest BCUT2D eigenvalue weighted by Gasteiger charge is 2.19. The summed E-state index contributed by atoms with van der Waals surface area (Å²) in [7, 11) is -3.84. The fourth-order valence-electron chi connectivity index (χ4n) is 3.70. The van der Waals surface area contributed by atoms with Crippen LogP contribution in [0.3, 0.4) is 0 Å². The van der Waals surface area contributed by atoms with Crippen molar-refractivity contribution in [2.45, 2.75) is 31.6 Å². The predicted octanol–water partition coefficient (Wildman–Crippen LogP) is 4.35. The first-order valence-electron chi connectivity index (χ1n) is 10.5. The molecule has 32 heavy (non-hydrogen) atoms. The van der Waals surface area contributed by atoms with Crippen LogP contribution < -0.4 is 14.9 Å². The molecule has 0 radical (unpaired) electrons. The van der Waals surface area contributed by atoms with Crippen molar-refractivity contribution >= 4 is 33.1 Å². The number of benzene rings is 2. The molecule has 4 rings (SSSR count). The maximum Gasteiger partial charge on any atom is 0.261 e. The molecule has 8 heteroatoms. The van der Waals surface area contributed by atoms with E-state index in [0.717, 1.165) is 37.3 Å². The van der Waals surface area contributed by atoms with Crippen molar-refractivity contribution in [3.63, 3.8) is 0 Å². The molecule has 0 atom stereocenters. The molecule has 2 heterocycles. The SMILES string of the molecule is Cc1ccccc1NS(=O)(=O)c1ccc(C)c(C(=O)Nc2ccc(N3CCCC3)nc2)c1. The maximum atomic E-state index is 12.9. The van der Waals surface area contributed by atoms with Crippen molar-refractivity contribution in [3.05, 3.63) is 77.5 Å². The molecule has 1 fully saturated rings. The number of anilines is 3. The van der Waals surface area contributed by atoms with E-state index in [0.29, 0.717) is 22.5 Å². The summed E-state index contributed by atoms with van der Waals surface area (Å²) < 4.78 is 28.4. The molecule has 1 aliphatic rings. The van der Waals surface area contributed by atoms with Crippen LogP contribution in [-0.2, 0) is 10.0 Å². The lowest BCUT2D eigenvalue weighted by Gasteiger charge is -2.16. The van der Waals surface area contributed by atoms with Gasteiger partial charge in [0.2, 0.25) is 0 Å². The fraction of sp³-hybridized carbons (Fsp3) is 0.250. The van der Waals surface area contributed by atoms with Crippen LogP contribution in [-0.4, -0.2) is 32.4 Å². The Morgan fingerprint density at radius 3 is 2.41 bits per heavy atom. The van der Waals surface area contributed by atoms with Crippen LogP contribution in [0.25, 0.3) is 0 Å². The predicted molar refractivity (Wildman–Crippen MR) is 127 cm³/mol. The number of nitrogens with one attached hydrogen (secondary N) is 2. The summed E-state index contributed by atoms with van der Waals surface area (Å²) in [5, 5.41) is 2.82. The average molecular weight is 451 g/mol. The number of aryl methyl sites for hydroxylation is 2. The molecular formula is C24H26N4O3S. The number of rotatable bonds is 6. The van der Waals surface area contributed by atoms with E-state index in [2.05, 4.69) is 19.9 Å². The van der Waals surface area contributed by atoms with Crippen molar-refractivity contribution in [1.29, 1.82) is 0 Å². The highest BCUT2D eigenvalue weighted by atomic mass is 32.2. The number of sulfonamides is 1. The Hall–Kier alpha value is -3.39. The first kappa shape index (κ1) is 21.8. The van der Waals surface area contributed by atoms with Gasteiger partial charge in [0.1, 0.15) is 5.82 Å². The van der Waals surface area contributed by atoms with Crippen LogP contribution in [0.4, 0.5) is 17.2 Å². The van der Waals surface area contributed by atoms with E-state index in [-0.39, 0.29) is 10.8 Å². The Bertz CT molecular complexity index is 1230. The van der Waals surface area contributed by atoms with E-state index in [1.807, 2.05) is 31.2 Å². The molecule has 0 unspecified atom stereocenters. The van der Waals surface area contributed by atoms with Crippen LogP contribution in [0, 0.1) is 13.8 Å². The summed E-state index contributed by atoms with van der Waals surface area (Å²) in [6.45, 7) is 5.59. The molecule has 1 amide bonds. The minimum absolute atomic E-state index is 0.0269. The van der Waals surface area contributed by atoms with Crippen molar-refractivity contribution < 1.29 is 13.2 Å². The zero-order valence-corrected chi connectivity index (χ0v) is 18.9. The van der Waals surface area contributed by atoms with E-state index in [1.165, 1.54) is 12.1 Å². The number of carbonyl (C=O) groups is 1. The topological polar surface area (TPSA) is 91.4 Å². The van der Waals surface area contributed by atoms with E-state index in [1.54, 1.807) is 31.3 Å². The van der Waals surface area contributed by atoms with E-state index < -0.39 is 10.0 Å². The number of amides is 1. The highest BCUT2D eigenvalue weighted by Crippen LogP contribution is 2.23. The second-order valence-electron chi connectivity index (χ2n) is 7.95. The van der Waals surface area contributed by atoms with Gasteiger partial charge in [-0.15, -0.1) is 0 Å². The first-order chi connectivity index (χ1) is 15.3. The van der Waals surface area contributed by atoms with Crippen LogP contribution in [0.2, 0.25) is 0 Å². The molecule has 1 aromatic heterocycles. The van der Waals surface area contributed by atoms with E-state index >= 15 is 0 Å². The van der Waals surface area contributed by atoms with Gasteiger partial charge in [-0.3, -0.25) is 9.52 Å². The van der Waals surface area contributed by atoms with Gasteiger partial charge in [0.15, 0.2) is 0 Å². The maximum absolute atomic E-state index is 12.9. The third kappa shape index (κ3) is 4.75. The number of para-hydroxylation sites is 1.